The van der Waals surface area contributed by atoms with Gasteiger partial charge in [-0.25, -0.2) is 4.98 Å². The molecule has 1 aromatic heterocycles. The summed E-state index contributed by atoms with van der Waals surface area (Å²) in [4.78, 5) is 6.72. The lowest BCUT2D eigenvalue weighted by molar-refractivity contribution is 0.866. The molecule has 106 valence electrons. The molecule has 0 bridgehead atoms. The van der Waals surface area contributed by atoms with Crippen molar-refractivity contribution in [3.05, 3.63) is 46.6 Å². The third-order valence-corrected chi connectivity index (χ3v) is 3.74. The van der Waals surface area contributed by atoms with Gasteiger partial charge in [-0.1, -0.05) is 0 Å². The van der Waals surface area contributed by atoms with E-state index in [1.807, 2.05) is 6.92 Å². The number of aromatic nitrogens is 1. The van der Waals surface area contributed by atoms with E-state index >= 15 is 0 Å². The fourth-order valence-corrected chi connectivity index (χ4v) is 2.60. The van der Waals surface area contributed by atoms with Crippen LogP contribution < -0.4 is 10.2 Å². The van der Waals surface area contributed by atoms with E-state index in [0.717, 1.165) is 34.6 Å². The number of hydrogen-bond donors (Lipinski definition) is 1. The molecule has 4 heteroatoms. The van der Waals surface area contributed by atoms with Crippen LogP contribution in [-0.4, -0.2) is 18.1 Å². The first-order chi connectivity index (χ1) is 9.63. The zero-order valence-electron chi connectivity index (χ0n) is 12.2. The van der Waals surface area contributed by atoms with E-state index in [4.69, 9.17) is 0 Å². The Balaban J connectivity index is 2.14. The van der Waals surface area contributed by atoms with E-state index in [-0.39, 0.29) is 0 Å². The molecule has 0 aliphatic heterocycles. The van der Waals surface area contributed by atoms with Gasteiger partial charge in [0.1, 0.15) is 5.82 Å². The number of benzene rings is 1. The molecule has 1 aromatic carbocycles. The first-order valence-corrected chi connectivity index (χ1v) is 7.67. The molecule has 0 amide bonds. The summed E-state index contributed by atoms with van der Waals surface area (Å²) in [5.41, 5.74) is 3.42. The molecule has 0 fully saturated rings. The van der Waals surface area contributed by atoms with Gasteiger partial charge in [-0.05, 0) is 72.6 Å². The van der Waals surface area contributed by atoms with E-state index in [1.165, 1.54) is 5.69 Å². The molecule has 0 atom stereocenters. The molecule has 0 spiro atoms. The van der Waals surface area contributed by atoms with Crippen LogP contribution in [0.15, 0.2) is 41.0 Å². The van der Waals surface area contributed by atoms with Crippen molar-refractivity contribution in [3.8, 4) is 0 Å². The number of nitrogens with zero attached hydrogens (tertiary/aromatic N) is 2. The van der Waals surface area contributed by atoms with Crippen molar-refractivity contribution in [2.75, 3.05) is 23.3 Å². The fraction of sp³-hybridized carbons (Fsp3) is 0.312. The number of hydrogen-bond acceptors (Lipinski definition) is 3. The smallest absolute Gasteiger partial charge is 0.133 e. The van der Waals surface area contributed by atoms with Gasteiger partial charge in [0.05, 0.1) is 0 Å². The van der Waals surface area contributed by atoms with Crippen LogP contribution in [0.3, 0.4) is 0 Å². The molecule has 0 aliphatic carbocycles. The highest BCUT2D eigenvalue weighted by molar-refractivity contribution is 9.10. The molecule has 3 nitrogen and oxygen atoms in total. The van der Waals surface area contributed by atoms with Gasteiger partial charge in [0.25, 0.3) is 0 Å². The van der Waals surface area contributed by atoms with Gasteiger partial charge in [0.2, 0.25) is 0 Å². The Morgan fingerprint density at radius 1 is 1.15 bits per heavy atom. The van der Waals surface area contributed by atoms with Gasteiger partial charge < -0.3 is 10.2 Å². The number of aryl methyl sites for hydroxylation is 1. The van der Waals surface area contributed by atoms with E-state index < -0.39 is 0 Å². The van der Waals surface area contributed by atoms with Crippen molar-refractivity contribution in [2.45, 2.75) is 20.8 Å². The maximum Gasteiger partial charge on any atom is 0.133 e. The third-order valence-electron chi connectivity index (χ3n) is 3.30. The van der Waals surface area contributed by atoms with Crippen LogP contribution in [-0.2, 0) is 0 Å². The molecular weight excluding hydrogens is 314 g/mol. The lowest BCUT2D eigenvalue weighted by Gasteiger charge is -2.21. The molecule has 1 heterocycles. The summed E-state index contributed by atoms with van der Waals surface area (Å²) < 4.78 is 0.998. The summed E-state index contributed by atoms with van der Waals surface area (Å²) in [5, 5.41) is 3.35. The van der Waals surface area contributed by atoms with E-state index in [2.05, 4.69) is 75.3 Å². The minimum Gasteiger partial charge on any atom is -0.372 e. The predicted molar refractivity (Wildman–Crippen MR) is 90.0 cm³/mol. The Morgan fingerprint density at radius 3 is 2.35 bits per heavy atom. The van der Waals surface area contributed by atoms with Crippen LogP contribution >= 0.6 is 15.9 Å². The first-order valence-electron chi connectivity index (χ1n) is 6.88. The van der Waals surface area contributed by atoms with E-state index in [0.29, 0.717) is 0 Å². The van der Waals surface area contributed by atoms with Crippen molar-refractivity contribution >= 4 is 33.1 Å². The van der Waals surface area contributed by atoms with E-state index in [1.54, 1.807) is 6.20 Å². The lowest BCUT2D eigenvalue weighted by Crippen LogP contribution is -2.21. The van der Waals surface area contributed by atoms with Gasteiger partial charge >= 0.3 is 0 Å². The normalized spacial score (nSPS) is 10.4. The second-order valence-electron chi connectivity index (χ2n) is 4.66. The summed E-state index contributed by atoms with van der Waals surface area (Å²) in [6.45, 7) is 8.44. The maximum atomic E-state index is 4.39. The van der Waals surface area contributed by atoms with Crippen molar-refractivity contribution in [1.82, 2.24) is 4.98 Å². The second-order valence-corrected chi connectivity index (χ2v) is 5.58. The van der Waals surface area contributed by atoms with Crippen molar-refractivity contribution in [1.29, 1.82) is 0 Å². The Morgan fingerprint density at radius 2 is 1.80 bits per heavy atom. The van der Waals surface area contributed by atoms with Crippen molar-refractivity contribution in [2.24, 2.45) is 0 Å². The van der Waals surface area contributed by atoms with Crippen LogP contribution in [0, 0.1) is 6.92 Å². The lowest BCUT2D eigenvalue weighted by atomic mass is 10.2. The van der Waals surface area contributed by atoms with E-state index in [9.17, 15) is 0 Å². The minimum atomic E-state index is 0.892. The number of pyridine rings is 1. The molecule has 1 N–H and O–H groups in total. The van der Waals surface area contributed by atoms with Gasteiger partial charge in [-0.15, -0.1) is 0 Å². The predicted octanol–water partition coefficient (Wildman–Crippen LogP) is 4.74. The van der Waals surface area contributed by atoms with Crippen molar-refractivity contribution < 1.29 is 0 Å². The zero-order valence-corrected chi connectivity index (χ0v) is 13.7. The SMILES string of the molecule is CCN(CC)c1ccc(Nc2ncc(Br)cc2C)cc1. The highest BCUT2D eigenvalue weighted by atomic mass is 79.9. The standard InChI is InChI=1S/C16H20BrN3/c1-4-20(5-2)15-8-6-14(7-9-15)19-16-12(3)10-13(17)11-18-16/h6-11H,4-5H2,1-3H3,(H,18,19). The van der Waals surface area contributed by atoms with Crippen molar-refractivity contribution in [3.63, 3.8) is 0 Å². The van der Waals surface area contributed by atoms with Gasteiger partial charge in [0, 0.05) is 35.1 Å². The van der Waals surface area contributed by atoms with Crippen LogP contribution in [0.1, 0.15) is 19.4 Å². The Bertz CT molecular complexity index is 562. The summed E-state index contributed by atoms with van der Waals surface area (Å²) in [6, 6.07) is 10.5. The number of rotatable bonds is 5. The molecule has 20 heavy (non-hydrogen) atoms. The third kappa shape index (κ3) is 3.51. The monoisotopic (exact) mass is 333 g/mol. The topological polar surface area (TPSA) is 28.2 Å². The molecular formula is C16H20BrN3. The van der Waals surface area contributed by atoms with Gasteiger partial charge in [-0.3, -0.25) is 0 Å². The molecule has 0 aliphatic rings. The largest absolute Gasteiger partial charge is 0.372 e. The molecule has 2 aromatic rings. The van der Waals surface area contributed by atoms with Crippen LogP contribution in [0.25, 0.3) is 0 Å². The number of nitrogens with one attached hydrogen (secondary N) is 1. The average molecular weight is 334 g/mol. The summed E-state index contributed by atoms with van der Waals surface area (Å²) in [6.07, 6.45) is 1.81. The molecule has 0 radical (unpaired) electrons. The highest BCUT2D eigenvalue weighted by Gasteiger charge is 2.04. The summed E-state index contributed by atoms with van der Waals surface area (Å²) in [5.74, 6) is 0.892. The molecule has 2 rings (SSSR count). The number of anilines is 3. The Kier molecular flexibility index (Phi) is 5.01. The molecule has 0 saturated heterocycles. The van der Waals surface area contributed by atoms with Gasteiger partial charge in [0.15, 0.2) is 0 Å². The maximum absolute atomic E-state index is 4.39. The zero-order chi connectivity index (χ0) is 14.5. The quantitative estimate of drug-likeness (QED) is 0.856. The highest BCUT2D eigenvalue weighted by Crippen LogP contribution is 2.23. The fourth-order valence-electron chi connectivity index (χ4n) is 2.15. The summed E-state index contributed by atoms with van der Waals surface area (Å²) >= 11 is 3.43. The van der Waals surface area contributed by atoms with Crippen LogP contribution in [0.4, 0.5) is 17.2 Å². The van der Waals surface area contributed by atoms with Gasteiger partial charge in [-0.2, -0.15) is 0 Å². The number of halogens is 1. The van der Waals surface area contributed by atoms with Crippen LogP contribution in [0.2, 0.25) is 0 Å². The molecule has 0 unspecified atom stereocenters. The minimum absolute atomic E-state index is 0.892. The summed E-state index contributed by atoms with van der Waals surface area (Å²) in [7, 11) is 0. The first kappa shape index (κ1) is 14.9. The average Bonchev–Trinajstić information content (AvgIpc) is 2.45. The molecule has 0 saturated carbocycles. The van der Waals surface area contributed by atoms with Crippen LogP contribution in [0.5, 0.6) is 0 Å². The Hall–Kier alpha value is -1.55. The second kappa shape index (κ2) is 6.75. The Labute approximate surface area is 129 Å².